The highest BCUT2D eigenvalue weighted by atomic mass is 32.1. The Kier molecular flexibility index (Phi) is 6.62. The molecule has 2 aliphatic heterocycles. The average molecular weight is 506 g/mol. The lowest BCUT2D eigenvalue weighted by atomic mass is 9.96. The minimum Gasteiger partial charge on any atom is -0.463 e. The van der Waals surface area contributed by atoms with Gasteiger partial charge >= 0.3 is 5.97 Å². The molecule has 3 heterocycles. The fourth-order valence-corrected chi connectivity index (χ4v) is 6.03. The molecule has 0 amide bonds. The minimum atomic E-state index is -0.748. The number of anilines is 1. The Morgan fingerprint density at radius 1 is 1.17 bits per heavy atom. The Hall–Kier alpha value is -3.52. The molecule has 0 saturated carbocycles. The highest BCUT2D eigenvalue weighted by Crippen LogP contribution is 2.31. The van der Waals surface area contributed by atoms with Crippen LogP contribution in [0.3, 0.4) is 0 Å². The molecule has 6 nitrogen and oxygen atoms in total. The molecule has 0 bridgehead atoms. The van der Waals surface area contributed by atoms with Crippen LogP contribution >= 0.6 is 11.3 Å². The first-order valence-corrected chi connectivity index (χ1v) is 13.0. The fraction of sp³-hybridized carbons (Fsp3) is 0.321. The van der Waals surface area contributed by atoms with Gasteiger partial charge in [-0.15, -0.1) is 0 Å². The largest absolute Gasteiger partial charge is 0.463 e. The van der Waals surface area contributed by atoms with Gasteiger partial charge in [-0.1, -0.05) is 29.5 Å². The van der Waals surface area contributed by atoms with Gasteiger partial charge < -0.3 is 9.64 Å². The number of thiazole rings is 1. The van der Waals surface area contributed by atoms with Gasteiger partial charge in [0.15, 0.2) is 4.80 Å². The summed E-state index contributed by atoms with van der Waals surface area (Å²) < 4.78 is 21.0. The molecular weight excluding hydrogens is 477 g/mol. The molecule has 1 fully saturated rings. The summed E-state index contributed by atoms with van der Waals surface area (Å²) in [5, 5.41) is 0. The summed E-state index contributed by atoms with van der Waals surface area (Å²) in [7, 11) is 0. The third-order valence-electron chi connectivity index (χ3n) is 6.67. The molecule has 2 aromatic carbocycles. The van der Waals surface area contributed by atoms with Crippen LogP contribution in [0, 0.1) is 12.7 Å². The van der Waals surface area contributed by atoms with Crippen molar-refractivity contribution in [2.45, 2.75) is 39.7 Å². The summed E-state index contributed by atoms with van der Waals surface area (Å²) in [6, 6.07) is 11.3. The SMILES string of the molecule is CCOC(=O)C1=C(C)N=c2s/c(=C/c3ccc(N4CCCC4)c(C)c3)c(=O)n2[C@@H]1c1ccc(F)cc1. The molecule has 0 radical (unpaired) electrons. The molecule has 1 atom stereocenters. The first-order valence-electron chi connectivity index (χ1n) is 12.2. The predicted molar refractivity (Wildman–Crippen MR) is 139 cm³/mol. The zero-order valence-corrected chi connectivity index (χ0v) is 21.4. The molecule has 0 spiro atoms. The van der Waals surface area contributed by atoms with Crippen molar-refractivity contribution in [2.24, 2.45) is 4.99 Å². The quantitative estimate of drug-likeness (QED) is 0.495. The summed E-state index contributed by atoms with van der Waals surface area (Å²) in [4.78, 5) is 34.1. The van der Waals surface area contributed by atoms with Crippen LogP contribution in [0.5, 0.6) is 0 Å². The van der Waals surface area contributed by atoms with E-state index in [2.05, 4.69) is 28.9 Å². The number of benzene rings is 2. The minimum absolute atomic E-state index is 0.197. The summed E-state index contributed by atoms with van der Waals surface area (Å²) in [5.41, 5.74) is 4.48. The van der Waals surface area contributed by atoms with Gasteiger partial charge in [-0.25, -0.2) is 14.2 Å². The van der Waals surface area contributed by atoms with Gasteiger partial charge in [0.2, 0.25) is 0 Å². The summed E-state index contributed by atoms with van der Waals surface area (Å²) >= 11 is 1.28. The van der Waals surface area contributed by atoms with Crippen LogP contribution in [-0.4, -0.2) is 30.2 Å². The van der Waals surface area contributed by atoms with Gasteiger partial charge in [0.1, 0.15) is 5.82 Å². The van der Waals surface area contributed by atoms with Gasteiger partial charge in [0.25, 0.3) is 5.56 Å². The van der Waals surface area contributed by atoms with Crippen LogP contribution in [-0.2, 0) is 9.53 Å². The number of carbonyl (C=O) groups excluding carboxylic acids is 1. The smallest absolute Gasteiger partial charge is 0.338 e. The number of fused-ring (bicyclic) bond motifs is 1. The van der Waals surface area contributed by atoms with Crippen LogP contribution in [0.15, 0.2) is 63.5 Å². The maximum absolute atomic E-state index is 13.7. The maximum atomic E-state index is 13.7. The van der Waals surface area contributed by atoms with E-state index in [1.54, 1.807) is 26.0 Å². The Bertz CT molecular complexity index is 1530. The number of aryl methyl sites for hydroxylation is 1. The molecule has 5 rings (SSSR count). The molecule has 2 aliphatic rings. The van der Waals surface area contributed by atoms with Crippen molar-refractivity contribution in [3.05, 3.63) is 95.9 Å². The highest BCUT2D eigenvalue weighted by molar-refractivity contribution is 7.07. The number of hydrogen-bond donors (Lipinski definition) is 0. The Morgan fingerprint density at radius 2 is 1.89 bits per heavy atom. The Balaban J connectivity index is 1.63. The number of halogens is 1. The molecule has 186 valence electrons. The van der Waals surface area contributed by atoms with Crippen molar-refractivity contribution in [1.29, 1.82) is 0 Å². The second-order valence-electron chi connectivity index (χ2n) is 9.09. The van der Waals surface area contributed by atoms with Gasteiger partial charge in [-0.05, 0) is 80.6 Å². The van der Waals surface area contributed by atoms with E-state index in [9.17, 15) is 14.0 Å². The normalized spacial score (nSPS) is 17.8. The predicted octanol–water partition coefficient (Wildman–Crippen LogP) is 3.85. The highest BCUT2D eigenvalue weighted by Gasteiger charge is 2.33. The summed E-state index contributed by atoms with van der Waals surface area (Å²) in [5.74, 6) is -0.923. The Morgan fingerprint density at radius 3 is 2.56 bits per heavy atom. The van der Waals surface area contributed by atoms with Crippen molar-refractivity contribution in [3.8, 4) is 0 Å². The topological polar surface area (TPSA) is 63.9 Å². The molecular formula is C28H28FN3O3S. The van der Waals surface area contributed by atoms with Gasteiger partial charge in [0.05, 0.1) is 28.5 Å². The summed E-state index contributed by atoms with van der Waals surface area (Å²) in [6.45, 7) is 7.90. The molecule has 0 unspecified atom stereocenters. The molecule has 1 saturated heterocycles. The molecule has 0 N–H and O–H groups in total. The number of rotatable bonds is 5. The lowest BCUT2D eigenvalue weighted by molar-refractivity contribution is -0.139. The van der Waals surface area contributed by atoms with Gasteiger partial charge in [0, 0.05) is 18.8 Å². The number of allylic oxidation sites excluding steroid dienone is 1. The van der Waals surface area contributed by atoms with E-state index >= 15 is 0 Å². The lowest BCUT2D eigenvalue weighted by Gasteiger charge is -2.24. The standard InChI is InChI=1S/C28H28FN3O3S/c1-4-35-27(34)24-18(3)30-28-32(25(24)20-8-10-21(29)11-9-20)26(33)23(36-28)16-19-7-12-22(17(2)15-19)31-13-5-6-14-31/h7-12,15-16,25H,4-6,13-14H2,1-3H3/b23-16+/t25-/m1/s1. The molecule has 36 heavy (non-hydrogen) atoms. The number of hydrogen-bond acceptors (Lipinski definition) is 6. The van der Waals surface area contributed by atoms with Crippen molar-refractivity contribution in [1.82, 2.24) is 4.57 Å². The van der Waals surface area contributed by atoms with E-state index in [0.29, 0.717) is 20.6 Å². The van der Waals surface area contributed by atoms with Crippen LogP contribution in [0.1, 0.15) is 49.4 Å². The van der Waals surface area contributed by atoms with Crippen LogP contribution in [0.4, 0.5) is 10.1 Å². The second kappa shape index (κ2) is 9.85. The zero-order chi connectivity index (χ0) is 25.4. The fourth-order valence-electron chi connectivity index (χ4n) is 4.98. The van der Waals surface area contributed by atoms with Crippen molar-refractivity contribution >= 4 is 29.1 Å². The number of carbonyl (C=O) groups is 1. The van der Waals surface area contributed by atoms with E-state index in [1.807, 2.05) is 12.1 Å². The van der Waals surface area contributed by atoms with Crippen molar-refractivity contribution in [3.63, 3.8) is 0 Å². The van der Waals surface area contributed by atoms with E-state index in [1.165, 1.54) is 52.1 Å². The molecule has 3 aromatic rings. The first kappa shape index (κ1) is 24.2. The van der Waals surface area contributed by atoms with Crippen molar-refractivity contribution in [2.75, 3.05) is 24.6 Å². The van der Waals surface area contributed by atoms with Gasteiger partial charge in [-0.3, -0.25) is 9.36 Å². The number of nitrogens with zero attached hydrogens (tertiary/aromatic N) is 3. The van der Waals surface area contributed by atoms with Crippen molar-refractivity contribution < 1.29 is 13.9 Å². The third-order valence-corrected chi connectivity index (χ3v) is 7.65. The third kappa shape index (κ3) is 4.41. The molecule has 1 aromatic heterocycles. The number of aromatic nitrogens is 1. The van der Waals surface area contributed by atoms with E-state index in [4.69, 9.17) is 4.74 Å². The lowest BCUT2D eigenvalue weighted by Crippen LogP contribution is -2.39. The molecule has 8 heteroatoms. The Labute approximate surface area is 212 Å². The van der Waals surface area contributed by atoms with Crippen LogP contribution in [0.25, 0.3) is 6.08 Å². The second-order valence-corrected chi connectivity index (χ2v) is 10.1. The number of ether oxygens (including phenoxy) is 1. The summed E-state index contributed by atoms with van der Waals surface area (Å²) in [6.07, 6.45) is 4.30. The van der Waals surface area contributed by atoms with Crippen LogP contribution < -0.4 is 19.8 Å². The number of esters is 1. The van der Waals surface area contributed by atoms with E-state index < -0.39 is 17.8 Å². The van der Waals surface area contributed by atoms with Gasteiger partial charge in [-0.2, -0.15) is 0 Å². The zero-order valence-electron chi connectivity index (χ0n) is 20.6. The first-order chi connectivity index (χ1) is 17.4. The van der Waals surface area contributed by atoms with E-state index in [-0.39, 0.29) is 17.7 Å². The van der Waals surface area contributed by atoms with E-state index in [0.717, 1.165) is 18.7 Å². The van der Waals surface area contributed by atoms with Crippen LogP contribution in [0.2, 0.25) is 0 Å². The average Bonchev–Trinajstić information content (AvgIpc) is 3.48. The maximum Gasteiger partial charge on any atom is 0.338 e. The molecule has 0 aliphatic carbocycles. The monoisotopic (exact) mass is 505 g/mol.